The smallest absolute Gasteiger partial charge is 0.327 e. The Morgan fingerprint density at radius 1 is 0.973 bits per heavy atom. The van der Waals surface area contributed by atoms with Crippen LogP contribution in [0.25, 0.3) is 11.1 Å². The van der Waals surface area contributed by atoms with Crippen molar-refractivity contribution >= 4 is 52.6 Å². The minimum absolute atomic E-state index is 0.0634. The van der Waals surface area contributed by atoms with Crippen molar-refractivity contribution in [3.05, 3.63) is 92.9 Å². The largest absolute Gasteiger partial charge is 0.480 e. The highest BCUT2D eigenvalue weighted by Crippen LogP contribution is 2.31. The van der Waals surface area contributed by atoms with Crippen LogP contribution in [0, 0.1) is 5.92 Å². The number of carboxylic acids is 1. The number of nitrogens with one attached hydrogen (secondary N) is 1. The van der Waals surface area contributed by atoms with Crippen molar-refractivity contribution in [3.8, 4) is 11.1 Å². The molecule has 1 saturated heterocycles. The normalized spacial score (nSPS) is 16.1. The average Bonchev–Trinajstić information content (AvgIpc) is 2.89. The topological polar surface area (TPSA) is 86.7 Å². The lowest BCUT2D eigenvalue weighted by atomic mass is 9.95. The van der Waals surface area contributed by atoms with Gasteiger partial charge >= 0.3 is 5.97 Å². The summed E-state index contributed by atoms with van der Waals surface area (Å²) in [6.07, 6.45) is 1.27. The molecule has 192 valence electrons. The van der Waals surface area contributed by atoms with Crippen molar-refractivity contribution in [1.29, 1.82) is 0 Å². The van der Waals surface area contributed by atoms with Crippen LogP contribution in [0.1, 0.15) is 28.8 Å². The minimum atomic E-state index is -1.41. The van der Waals surface area contributed by atoms with E-state index in [1.807, 2.05) is 12.1 Å². The zero-order chi connectivity index (χ0) is 26.5. The van der Waals surface area contributed by atoms with Gasteiger partial charge in [-0.25, -0.2) is 4.79 Å². The van der Waals surface area contributed by atoms with Crippen LogP contribution in [0.15, 0.2) is 66.7 Å². The molecule has 1 aliphatic heterocycles. The van der Waals surface area contributed by atoms with Crippen molar-refractivity contribution < 1.29 is 19.5 Å². The first-order chi connectivity index (χ1) is 17.8. The molecule has 0 saturated carbocycles. The van der Waals surface area contributed by atoms with E-state index in [9.17, 15) is 19.5 Å². The molecule has 6 nitrogen and oxygen atoms in total. The fraction of sp³-hybridized carbons (Fsp3) is 0.250. The van der Waals surface area contributed by atoms with E-state index in [-0.39, 0.29) is 17.0 Å². The van der Waals surface area contributed by atoms with E-state index in [2.05, 4.69) is 5.32 Å². The number of carbonyl (C=O) groups excluding carboxylic acids is 2. The number of halogens is 3. The summed E-state index contributed by atoms with van der Waals surface area (Å²) in [6.45, 7) is 1.16. The molecule has 2 atom stereocenters. The van der Waals surface area contributed by atoms with Gasteiger partial charge in [0.05, 0.1) is 16.5 Å². The second kappa shape index (κ2) is 12.1. The van der Waals surface area contributed by atoms with E-state index in [0.29, 0.717) is 28.6 Å². The Kier molecular flexibility index (Phi) is 8.87. The van der Waals surface area contributed by atoms with Gasteiger partial charge in [0.15, 0.2) is 0 Å². The van der Waals surface area contributed by atoms with Gasteiger partial charge < -0.3 is 10.4 Å². The first-order valence-corrected chi connectivity index (χ1v) is 13.0. The third-order valence-corrected chi connectivity index (χ3v) is 7.31. The number of carbonyl (C=O) groups is 3. The Labute approximate surface area is 230 Å². The summed E-state index contributed by atoms with van der Waals surface area (Å²) in [7, 11) is 0. The van der Waals surface area contributed by atoms with Crippen LogP contribution in [-0.2, 0) is 16.0 Å². The standard InChI is InChI=1S/C28H25Cl3N2O4/c29-20-11-12-21(24(31)15-20)18-9-7-17(8-10-18)14-25(28(36)37)33(26(34)19-4-3-13-32-16-19)27(35)22-5-1-2-6-23(22)30/h1-2,5-12,15,19,25,32H,3-4,13-14,16H2,(H,36,37)/t19-,25-/m0/s1. The van der Waals surface area contributed by atoms with Crippen LogP contribution in [0.2, 0.25) is 15.1 Å². The predicted octanol–water partition coefficient (Wildman–Crippen LogP) is 5.98. The zero-order valence-corrected chi connectivity index (χ0v) is 22.1. The van der Waals surface area contributed by atoms with Gasteiger partial charge in [0.2, 0.25) is 5.91 Å². The zero-order valence-electron chi connectivity index (χ0n) is 19.8. The number of aliphatic carboxylic acids is 1. The first-order valence-electron chi connectivity index (χ1n) is 11.9. The second-order valence-corrected chi connectivity index (χ2v) is 10.2. The molecule has 2 N–H and O–H groups in total. The van der Waals surface area contributed by atoms with Crippen LogP contribution >= 0.6 is 34.8 Å². The molecule has 4 rings (SSSR count). The molecular weight excluding hydrogens is 535 g/mol. The Morgan fingerprint density at radius 2 is 1.70 bits per heavy atom. The molecule has 0 bridgehead atoms. The van der Waals surface area contributed by atoms with E-state index >= 15 is 0 Å². The number of rotatable bonds is 7. The van der Waals surface area contributed by atoms with E-state index < -0.39 is 29.7 Å². The van der Waals surface area contributed by atoms with Gasteiger partial charge in [0.1, 0.15) is 6.04 Å². The molecular formula is C28H25Cl3N2O4. The molecule has 1 fully saturated rings. The summed E-state index contributed by atoms with van der Waals surface area (Å²) in [5.74, 6) is -3.02. The molecule has 3 aromatic carbocycles. The van der Waals surface area contributed by atoms with Gasteiger partial charge in [-0.2, -0.15) is 0 Å². The molecule has 2 amide bonds. The lowest BCUT2D eigenvalue weighted by Crippen LogP contribution is -2.53. The number of imide groups is 1. The summed E-state index contributed by atoms with van der Waals surface area (Å²) in [4.78, 5) is 40.6. The number of hydrogen-bond acceptors (Lipinski definition) is 4. The average molecular weight is 560 g/mol. The molecule has 0 aromatic heterocycles. The summed E-state index contributed by atoms with van der Waals surface area (Å²) in [5, 5.41) is 14.5. The van der Waals surface area contributed by atoms with Crippen molar-refractivity contribution in [2.75, 3.05) is 13.1 Å². The summed E-state index contributed by atoms with van der Waals surface area (Å²) in [5.41, 5.74) is 2.33. The number of nitrogens with zero attached hydrogens (tertiary/aromatic N) is 1. The maximum atomic E-state index is 13.6. The van der Waals surface area contributed by atoms with Gasteiger partial charge in [0.25, 0.3) is 5.91 Å². The van der Waals surface area contributed by atoms with Crippen molar-refractivity contribution in [2.24, 2.45) is 5.92 Å². The predicted molar refractivity (Wildman–Crippen MR) is 145 cm³/mol. The number of hydrogen-bond donors (Lipinski definition) is 2. The number of piperidine rings is 1. The van der Waals surface area contributed by atoms with Crippen LogP contribution in [-0.4, -0.2) is 46.9 Å². The van der Waals surface area contributed by atoms with Gasteiger partial charge in [0, 0.05) is 28.6 Å². The highest BCUT2D eigenvalue weighted by molar-refractivity contribution is 6.36. The van der Waals surface area contributed by atoms with Gasteiger partial charge in [-0.1, -0.05) is 77.3 Å². The molecule has 37 heavy (non-hydrogen) atoms. The molecule has 0 spiro atoms. The SMILES string of the molecule is O=C(O)[C@H](Cc1ccc(-c2ccc(Cl)cc2Cl)cc1)N(C(=O)c1ccccc1Cl)C(=O)[C@H]1CCCNC1. The minimum Gasteiger partial charge on any atom is -0.480 e. The maximum absolute atomic E-state index is 13.6. The van der Waals surface area contributed by atoms with E-state index in [0.717, 1.165) is 29.0 Å². The number of amides is 2. The third-order valence-electron chi connectivity index (χ3n) is 6.43. The van der Waals surface area contributed by atoms with Crippen LogP contribution < -0.4 is 5.32 Å². The lowest BCUT2D eigenvalue weighted by molar-refractivity contribution is -0.149. The van der Waals surface area contributed by atoms with Gasteiger partial charge in [-0.05, 0) is 54.8 Å². The summed E-state index contributed by atoms with van der Waals surface area (Å²) in [6, 6.07) is 17.3. The third kappa shape index (κ3) is 6.33. The summed E-state index contributed by atoms with van der Waals surface area (Å²) < 4.78 is 0. The Morgan fingerprint density at radius 3 is 2.32 bits per heavy atom. The van der Waals surface area contributed by atoms with Crippen molar-refractivity contribution in [1.82, 2.24) is 10.2 Å². The Balaban J connectivity index is 1.66. The molecule has 1 heterocycles. The second-order valence-electron chi connectivity index (χ2n) is 8.92. The van der Waals surface area contributed by atoms with Crippen molar-refractivity contribution in [2.45, 2.75) is 25.3 Å². The fourth-order valence-electron chi connectivity index (χ4n) is 4.48. The fourth-order valence-corrected chi connectivity index (χ4v) is 5.21. The number of benzene rings is 3. The molecule has 0 aliphatic carbocycles. The monoisotopic (exact) mass is 558 g/mol. The van der Waals surface area contributed by atoms with E-state index in [4.69, 9.17) is 34.8 Å². The quantitative estimate of drug-likeness (QED) is 0.348. The molecule has 9 heteroatoms. The first kappa shape index (κ1) is 27.1. The Hall–Kier alpha value is -2.90. The van der Waals surface area contributed by atoms with E-state index in [1.54, 1.807) is 42.5 Å². The molecule has 1 aliphatic rings. The van der Waals surface area contributed by atoms with E-state index in [1.165, 1.54) is 12.1 Å². The molecule has 0 radical (unpaired) electrons. The number of carboxylic acid groups (broad SMARTS) is 1. The van der Waals surface area contributed by atoms with Gasteiger partial charge in [-0.3, -0.25) is 14.5 Å². The summed E-state index contributed by atoms with van der Waals surface area (Å²) >= 11 is 18.6. The van der Waals surface area contributed by atoms with Gasteiger partial charge in [-0.15, -0.1) is 0 Å². The van der Waals surface area contributed by atoms with Crippen molar-refractivity contribution in [3.63, 3.8) is 0 Å². The Bertz CT molecular complexity index is 1310. The van der Waals surface area contributed by atoms with Crippen LogP contribution in [0.3, 0.4) is 0 Å². The maximum Gasteiger partial charge on any atom is 0.327 e. The van der Waals surface area contributed by atoms with Crippen LogP contribution in [0.5, 0.6) is 0 Å². The lowest BCUT2D eigenvalue weighted by Gasteiger charge is -2.32. The highest BCUT2D eigenvalue weighted by atomic mass is 35.5. The molecule has 0 unspecified atom stereocenters. The molecule has 3 aromatic rings. The van der Waals surface area contributed by atoms with Crippen LogP contribution in [0.4, 0.5) is 0 Å². The highest BCUT2D eigenvalue weighted by Gasteiger charge is 2.39.